The number of aryl methyl sites for hydroxylation is 1. The van der Waals surface area contributed by atoms with Crippen LogP contribution in [-0.2, 0) is 17.5 Å². The number of piperazine rings is 1. The van der Waals surface area contributed by atoms with E-state index in [4.69, 9.17) is 0 Å². The van der Waals surface area contributed by atoms with Crippen LogP contribution in [-0.4, -0.2) is 59.9 Å². The molecule has 0 radical (unpaired) electrons. The fourth-order valence-corrected chi connectivity index (χ4v) is 4.52. The monoisotopic (exact) mass is 567 g/mol. The average Bonchev–Trinajstić information content (AvgIpc) is 3.80. The number of halogens is 3. The Balaban J connectivity index is 1.26. The lowest BCUT2D eigenvalue weighted by Gasteiger charge is -2.34. The summed E-state index contributed by atoms with van der Waals surface area (Å²) in [4.78, 5) is 37.6. The first-order valence-electron chi connectivity index (χ1n) is 13.5. The Morgan fingerprint density at radius 2 is 1.73 bits per heavy atom. The molecule has 2 fully saturated rings. The Morgan fingerprint density at radius 1 is 0.976 bits per heavy atom. The van der Waals surface area contributed by atoms with Gasteiger partial charge in [0.15, 0.2) is 5.82 Å². The zero-order chi connectivity index (χ0) is 29.1. The van der Waals surface area contributed by atoms with Gasteiger partial charge in [0.25, 0.3) is 5.91 Å². The molecule has 2 aromatic carbocycles. The number of likely N-dealkylation sites (N-methyl/N-ethyl adjacent to an activating group) is 1. The minimum atomic E-state index is -4.58. The van der Waals surface area contributed by atoms with E-state index in [1.54, 1.807) is 18.3 Å². The average molecular weight is 568 g/mol. The first-order valence-corrected chi connectivity index (χ1v) is 13.5. The molecule has 1 saturated heterocycles. The van der Waals surface area contributed by atoms with E-state index in [2.05, 4.69) is 30.8 Å². The maximum Gasteiger partial charge on any atom is 0.416 e. The first kappa shape index (κ1) is 28.3. The number of alkyl halides is 3. The van der Waals surface area contributed by atoms with E-state index in [1.165, 1.54) is 12.3 Å². The number of benzene rings is 2. The minimum Gasteiger partial charge on any atom is -0.379 e. The van der Waals surface area contributed by atoms with Crippen LogP contribution in [0.2, 0.25) is 0 Å². The van der Waals surface area contributed by atoms with E-state index < -0.39 is 17.6 Å². The molecule has 216 valence electrons. The highest BCUT2D eigenvalue weighted by Crippen LogP contribution is 2.34. The number of anilines is 4. The van der Waals surface area contributed by atoms with Crippen molar-refractivity contribution in [2.75, 3.05) is 54.1 Å². The van der Waals surface area contributed by atoms with Crippen molar-refractivity contribution in [3.05, 3.63) is 71.2 Å². The van der Waals surface area contributed by atoms with Gasteiger partial charge in [-0.3, -0.25) is 14.6 Å². The second-order valence-electron chi connectivity index (χ2n) is 10.6. The molecule has 3 aromatic rings. The van der Waals surface area contributed by atoms with Crippen molar-refractivity contribution < 1.29 is 22.8 Å². The molecule has 1 aliphatic carbocycles. The standard InChI is InChI=1S/C29H32F3N7O2/c1-18-3-6-22(14-25(18)34-15-23-16-35-26(17-33-23)37-27(40)19-4-5-19)36-28(41)20-11-21(29(30,31)32)13-24(12-20)39-9-7-38(2)8-10-39/h3,6,11-14,16-17,19,34H,4-5,7-10,15H2,1-2H3,(H,36,41)(H,35,37,40). The lowest BCUT2D eigenvalue weighted by atomic mass is 10.1. The van der Waals surface area contributed by atoms with Gasteiger partial charge >= 0.3 is 6.18 Å². The van der Waals surface area contributed by atoms with Gasteiger partial charge in [0.2, 0.25) is 5.91 Å². The zero-order valence-corrected chi connectivity index (χ0v) is 22.9. The molecule has 0 spiro atoms. The van der Waals surface area contributed by atoms with Gasteiger partial charge in [0.1, 0.15) is 0 Å². The number of aromatic nitrogens is 2. The van der Waals surface area contributed by atoms with Crippen LogP contribution < -0.4 is 20.9 Å². The third-order valence-corrected chi connectivity index (χ3v) is 7.24. The topological polar surface area (TPSA) is 102 Å². The van der Waals surface area contributed by atoms with Gasteiger partial charge in [0.05, 0.1) is 30.2 Å². The molecule has 41 heavy (non-hydrogen) atoms. The predicted molar refractivity (Wildman–Crippen MR) is 151 cm³/mol. The number of nitrogens with zero attached hydrogens (tertiary/aromatic N) is 4. The third kappa shape index (κ3) is 7.31. The smallest absolute Gasteiger partial charge is 0.379 e. The highest BCUT2D eigenvalue weighted by Gasteiger charge is 2.33. The van der Waals surface area contributed by atoms with E-state index in [0.717, 1.165) is 49.3 Å². The van der Waals surface area contributed by atoms with E-state index in [0.29, 0.717) is 42.5 Å². The molecule has 5 rings (SSSR count). The van der Waals surface area contributed by atoms with Crippen molar-refractivity contribution in [1.29, 1.82) is 0 Å². The van der Waals surface area contributed by atoms with Gasteiger partial charge in [-0.1, -0.05) is 6.07 Å². The van der Waals surface area contributed by atoms with Crippen LogP contribution in [0.15, 0.2) is 48.8 Å². The van der Waals surface area contributed by atoms with Crippen LogP contribution in [0.3, 0.4) is 0 Å². The molecule has 0 atom stereocenters. The summed E-state index contributed by atoms with van der Waals surface area (Å²) in [7, 11) is 1.97. The SMILES string of the molecule is Cc1ccc(NC(=O)c2cc(N3CCN(C)CC3)cc(C(F)(F)F)c2)cc1NCc1cnc(NC(=O)C2CC2)cn1. The van der Waals surface area contributed by atoms with Gasteiger partial charge in [-0.15, -0.1) is 0 Å². The quantitative estimate of drug-likeness (QED) is 0.361. The van der Waals surface area contributed by atoms with E-state index in [1.807, 2.05) is 24.9 Å². The van der Waals surface area contributed by atoms with E-state index >= 15 is 0 Å². The predicted octanol–water partition coefficient (Wildman–Crippen LogP) is 4.77. The molecule has 2 aliphatic rings. The van der Waals surface area contributed by atoms with Crippen molar-refractivity contribution in [3.63, 3.8) is 0 Å². The lowest BCUT2D eigenvalue weighted by Crippen LogP contribution is -2.44. The first-order chi connectivity index (χ1) is 19.5. The van der Waals surface area contributed by atoms with E-state index in [9.17, 15) is 22.8 Å². The summed E-state index contributed by atoms with van der Waals surface area (Å²) in [6.07, 6.45) is 0.298. The maximum absolute atomic E-state index is 13.7. The molecule has 12 heteroatoms. The second-order valence-corrected chi connectivity index (χ2v) is 10.6. The molecule has 1 aromatic heterocycles. The Kier molecular flexibility index (Phi) is 8.11. The van der Waals surface area contributed by atoms with Crippen LogP contribution >= 0.6 is 0 Å². The number of hydrogen-bond donors (Lipinski definition) is 3. The van der Waals surface area contributed by atoms with Crippen LogP contribution in [0.1, 0.15) is 40.0 Å². The number of amides is 2. The second kappa shape index (κ2) is 11.7. The molecular formula is C29H32F3N7O2. The van der Waals surface area contributed by atoms with Crippen LogP contribution in [0.5, 0.6) is 0 Å². The normalized spacial score (nSPS) is 15.9. The summed E-state index contributed by atoms with van der Waals surface area (Å²) in [6, 6.07) is 8.73. The molecule has 1 aliphatic heterocycles. The number of carbonyl (C=O) groups is 2. The Hall–Kier alpha value is -4.19. The number of carbonyl (C=O) groups excluding carboxylic acids is 2. The highest BCUT2D eigenvalue weighted by molar-refractivity contribution is 6.05. The van der Waals surface area contributed by atoms with Crippen molar-refractivity contribution in [2.24, 2.45) is 5.92 Å². The summed E-state index contributed by atoms with van der Waals surface area (Å²) in [6.45, 7) is 4.84. The van der Waals surface area contributed by atoms with Crippen molar-refractivity contribution in [3.8, 4) is 0 Å². The summed E-state index contributed by atoms with van der Waals surface area (Å²) < 4.78 is 41.1. The molecule has 1 saturated carbocycles. The van der Waals surface area contributed by atoms with Crippen molar-refractivity contribution in [2.45, 2.75) is 32.5 Å². The van der Waals surface area contributed by atoms with Gasteiger partial charge < -0.3 is 25.8 Å². The van der Waals surface area contributed by atoms with Gasteiger partial charge in [-0.25, -0.2) is 4.98 Å². The molecule has 2 amide bonds. The van der Waals surface area contributed by atoms with Crippen LogP contribution in [0.25, 0.3) is 0 Å². The molecule has 3 N–H and O–H groups in total. The Morgan fingerprint density at radius 3 is 2.39 bits per heavy atom. The third-order valence-electron chi connectivity index (χ3n) is 7.24. The fourth-order valence-electron chi connectivity index (χ4n) is 4.52. The summed E-state index contributed by atoms with van der Waals surface area (Å²) in [5.41, 5.74) is 2.16. The number of hydrogen-bond acceptors (Lipinski definition) is 7. The van der Waals surface area contributed by atoms with Crippen molar-refractivity contribution >= 4 is 34.7 Å². The molecule has 0 bridgehead atoms. The largest absolute Gasteiger partial charge is 0.416 e. The molecular weight excluding hydrogens is 535 g/mol. The van der Waals surface area contributed by atoms with Crippen LogP contribution in [0.4, 0.5) is 36.1 Å². The van der Waals surface area contributed by atoms with Gasteiger partial charge in [-0.2, -0.15) is 13.2 Å². The maximum atomic E-state index is 13.7. The summed E-state index contributed by atoms with van der Waals surface area (Å²) >= 11 is 0. The van der Waals surface area contributed by atoms with Crippen LogP contribution in [0, 0.1) is 12.8 Å². The Bertz CT molecular complexity index is 1420. The van der Waals surface area contributed by atoms with E-state index in [-0.39, 0.29) is 17.4 Å². The fraction of sp³-hybridized carbons (Fsp3) is 0.379. The minimum absolute atomic E-state index is 0.0413. The molecule has 9 nitrogen and oxygen atoms in total. The Labute approximate surface area is 236 Å². The van der Waals surface area contributed by atoms with Gasteiger partial charge in [0, 0.05) is 54.7 Å². The van der Waals surface area contributed by atoms with Crippen molar-refractivity contribution in [1.82, 2.24) is 14.9 Å². The highest BCUT2D eigenvalue weighted by atomic mass is 19.4. The summed E-state index contributed by atoms with van der Waals surface area (Å²) in [5.74, 6) is -0.199. The molecule has 0 unspecified atom stereocenters. The zero-order valence-electron chi connectivity index (χ0n) is 22.9. The van der Waals surface area contributed by atoms with Gasteiger partial charge in [-0.05, 0) is 62.7 Å². The number of rotatable bonds is 8. The summed E-state index contributed by atoms with van der Waals surface area (Å²) in [5, 5.41) is 8.74. The molecule has 2 heterocycles. The lowest BCUT2D eigenvalue weighted by molar-refractivity contribution is -0.137. The number of nitrogens with one attached hydrogen (secondary N) is 3.